The molecule has 1 spiro atoms. The monoisotopic (exact) mass is 210 g/mol. The number of fused-ring (bicyclic) bond motifs is 3. The van der Waals surface area contributed by atoms with Crippen LogP contribution < -0.4 is 0 Å². The second-order valence-corrected chi connectivity index (χ2v) is 4.69. The van der Waals surface area contributed by atoms with Crippen LogP contribution in [0, 0.1) is 5.41 Å². The molecule has 3 rings (SSSR count). The van der Waals surface area contributed by atoms with Gasteiger partial charge in [-0.1, -0.05) is 6.92 Å². The fourth-order valence-corrected chi connectivity index (χ4v) is 2.77. The van der Waals surface area contributed by atoms with Gasteiger partial charge < -0.3 is 14.2 Å². The van der Waals surface area contributed by atoms with Crippen molar-refractivity contribution >= 4 is 5.97 Å². The van der Waals surface area contributed by atoms with Crippen LogP contribution >= 0.6 is 0 Å². The van der Waals surface area contributed by atoms with Crippen LogP contribution in [0.15, 0.2) is 12.2 Å². The maximum atomic E-state index is 11.5. The van der Waals surface area contributed by atoms with Crippen molar-refractivity contribution in [3.8, 4) is 0 Å². The lowest BCUT2D eigenvalue weighted by Gasteiger charge is -2.48. The van der Waals surface area contributed by atoms with E-state index in [0.29, 0.717) is 19.6 Å². The maximum absolute atomic E-state index is 11.5. The summed E-state index contributed by atoms with van der Waals surface area (Å²) in [6, 6.07) is 0. The molecule has 82 valence electrons. The molecule has 3 aliphatic rings. The molecule has 0 aromatic carbocycles. The van der Waals surface area contributed by atoms with Crippen molar-refractivity contribution in [1.82, 2.24) is 0 Å². The topological polar surface area (TPSA) is 44.8 Å². The number of esters is 1. The quantitative estimate of drug-likeness (QED) is 0.442. The molecular formula is C11H14O4. The van der Waals surface area contributed by atoms with Gasteiger partial charge in [-0.15, -0.1) is 0 Å². The molecule has 0 aromatic rings. The Morgan fingerprint density at radius 1 is 1.40 bits per heavy atom. The van der Waals surface area contributed by atoms with Crippen LogP contribution in [-0.2, 0) is 19.0 Å². The van der Waals surface area contributed by atoms with E-state index in [1.807, 2.05) is 19.1 Å². The van der Waals surface area contributed by atoms with Gasteiger partial charge in [-0.3, -0.25) is 4.79 Å². The minimum atomic E-state index is -0.692. The standard InChI is InChI=1S/C11H14O4/c1-10-6-8(15-9(12)7-10)2-3-11(10)13-4-5-14-11/h2-3,8H,4-7H2,1H3. The first-order valence-electron chi connectivity index (χ1n) is 5.30. The van der Waals surface area contributed by atoms with Crippen LogP contribution in [0.25, 0.3) is 0 Å². The van der Waals surface area contributed by atoms with Crippen LogP contribution in [-0.4, -0.2) is 31.1 Å². The lowest BCUT2D eigenvalue weighted by Crippen LogP contribution is -2.54. The first kappa shape index (κ1) is 9.36. The van der Waals surface area contributed by atoms with Crippen LogP contribution in [0.2, 0.25) is 0 Å². The highest BCUT2D eigenvalue weighted by atomic mass is 16.7. The van der Waals surface area contributed by atoms with Gasteiger partial charge in [0.15, 0.2) is 5.79 Å². The van der Waals surface area contributed by atoms with Crippen LogP contribution in [0.4, 0.5) is 0 Å². The van der Waals surface area contributed by atoms with Crippen LogP contribution in [0.5, 0.6) is 0 Å². The highest BCUT2D eigenvalue weighted by molar-refractivity contribution is 5.72. The fraction of sp³-hybridized carbons (Fsp3) is 0.727. The van der Waals surface area contributed by atoms with E-state index in [0.717, 1.165) is 6.42 Å². The minimum Gasteiger partial charge on any atom is -0.458 e. The molecular weight excluding hydrogens is 196 g/mol. The Labute approximate surface area is 88.2 Å². The highest BCUT2D eigenvalue weighted by Gasteiger charge is 2.57. The Kier molecular flexibility index (Phi) is 1.77. The highest BCUT2D eigenvalue weighted by Crippen LogP contribution is 2.51. The molecule has 0 saturated carbocycles. The van der Waals surface area contributed by atoms with Gasteiger partial charge in [-0.2, -0.15) is 0 Å². The van der Waals surface area contributed by atoms with Gasteiger partial charge in [0.05, 0.1) is 19.6 Å². The molecule has 1 aliphatic carbocycles. The van der Waals surface area contributed by atoms with E-state index >= 15 is 0 Å². The maximum Gasteiger partial charge on any atom is 0.307 e. The normalized spacial score (nSPS) is 41.9. The second-order valence-electron chi connectivity index (χ2n) is 4.69. The van der Waals surface area contributed by atoms with E-state index in [9.17, 15) is 4.79 Å². The lowest BCUT2D eigenvalue weighted by molar-refractivity contribution is -0.230. The predicted octanol–water partition coefficient (Wildman–Crippen LogP) is 1.01. The van der Waals surface area contributed by atoms with Crippen molar-refractivity contribution in [3.05, 3.63) is 12.2 Å². The third-order valence-corrected chi connectivity index (χ3v) is 3.56. The molecule has 0 N–H and O–H groups in total. The Morgan fingerprint density at radius 2 is 2.13 bits per heavy atom. The van der Waals surface area contributed by atoms with Crippen molar-refractivity contribution in [2.24, 2.45) is 5.41 Å². The van der Waals surface area contributed by atoms with Gasteiger partial charge in [0, 0.05) is 5.41 Å². The van der Waals surface area contributed by atoms with Gasteiger partial charge >= 0.3 is 5.97 Å². The Morgan fingerprint density at radius 3 is 2.87 bits per heavy atom. The van der Waals surface area contributed by atoms with E-state index in [1.165, 1.54) is 0 Å². The number of ether oxygens (including phenoxy) is 3. The fourth-order valence-electron chi connectivity index (χ4n) is 2.77. The SMILES string of the molecule is CC12CC(=O)OC(C=CC13OCCO3)C2. The van der Waals surface area contributed by atoms with Crippen molar-refractivity contribution < 1.29 is 19.0 Å². The summed E-state index contributed by atoms with van der Waals surface area (Å²) >= 11 is 0. The Bertz CT molecular complexity index is 329. The summed E-state index contributed by atoms with van der Waals surface area (Å²) in [6.45, 7) is 3.23. The molecule has 2 atom stereocenters. The summed E-state index contributed by atoms with van der Waals surface area (Å²) in [4.78, 5) is 11.5. The van der Waals surface area contributed by atoms with Crippen molar-refractivity contribution in [1.29, 1.82) is 0 Å². The van der Waals surface area contributed by atoms with Gasteiger partial charge in [0.1, 0.15) is 6.10 Å². The molecule has 2 fully saturated rings. The lowest BCUT2D eigenvalue weighted by atomic mass is 9.69. The molecule has 15 heavy (non-hydrogen) atoms. The van der Waals surface area contributed by atoms with E-state index in [-0.39, 0.29) is 17.5 Å². The summed E-state index contributed by atoms with van der Waals surface area (Å²) in [7, 11) is 0. The molecule has 2 unspecified atom stereocenters. The first-order chi connectivity index (χ1) is 7.14. The number of carbonyl (C=O) groups excluding carboxylic acids is 1. The van der Waals surface area contributed by atoms with Crippen molar-refractivity contribution in [2.45, 2.75) is 31.7 Å². The van der Waals surface area contributed by atoms with Gasteiger partial charge in [-0.05, 0) is 18.6 Å². The van der Waals surface area contributed by atoms with Gasteiger partial charge in [0.2, 0.25) is 0 Å². The average Bonchev–Trinajstić information content (AvgIpc) is 2.61. The Balaban J connectivity index is 2.03. The van der Waals surface area contributed by atoms with Crippen LogP contribution in [0.3, 0.4) is 0 Å². The van der Waals surface area contributed by atoms with Crippen molar-refractivity contribution in [3.63, 3.8) is 0 Å². The predicted molar refractivity (Wildman–Crippen MR) is 51.0 cm³/mol. The number of rotatable bonds is 0. The smallest absolute Gasteiger partial charge is 0.307 e. The summed E-state index contributed by atoms with van der Waals surface area (Å²) in [5.74, 6) is -0.847. The minimum absolute atomic E-state index is 0.102. The van der Waals surface area contributed by atoms with Crippen LogP contribution in [0.1, 0.15) is 19.8 Å². The first-order valence-corrected chi connectivity index (χ1v) is 5.30. The Hall–Kier alpha value is -0.870. The van der Waals surface area contributed by atoms with E-state index in [1.54, 1.807) is 0 Å². The molecule has 0 aromatic heterocycles. The van der Waals surface area contributed by atoms with Gasteiger partial charge in [0.25, 0.3) is 0 Å². The molecule has 0 radical (unpaired) electrons. The largest absolute Gasteiger partial charge is 0.458 e. The molecule has 2 saturated heterocycles. The zero-order valence-corrected chi connectivity index (χ0v) is 8.69. The average molecular weight is 210 g/mol. The summed E-state index contributed by atoms with van der Waals surface area (Å²) in [5.41, 5.74) is -0.280. The second kappa shape index (κ2) is 2.83. The summed E-state index contributed by atoms with van der Waals surface area (Å²) in [6.07, 6.45) is 4.85. The molecule has 4 nitrogen and oxygen atoms in total. The van der Waals surface area contributed by atoms with E-state index in [2.05, 4.69) is 0 Å². The third kappa shape index (κ3) is 1.18. The van der Waals surface area contributed by atoms with Gasteiger partial charge in [-0.25, -0.2) is 0 Å². The molecule has 2 bridgehead atoms. The molecule has 2 heterocycles. The number of carbonyl (C=O) groups is 1. The zero-order chi connectivity index (χ0) is 10.5. The summed E-state index contributed by atoms with van der Waals surface area (Å²) in [5, 5.41) is 0. The molecule has 4 heteroatoms. The van der Waals surface area contributed by atoms with Crippen molar-refractivity contribution in [2.75, 3.05) is 13.2 Å². The summed E-state index contributed by atoms with van der Waals surface area (Å²) < 4.78 is 16.6. The van der Waals surface area contributed by atoms with E-state index in [4.69, 9.17) is 14.2 Å². The molecule has 0 amide bonds. The third-order valence-electron chi connectivity index (χ3n) is 3.56. The number of hydrogen-bond acceptors (Lipinski definition) is 4. The molecule has 2 aliphatic heterocycles. The number of hydrogen-bond donors (Lipinski definition) is 0. The van der Waals surface area contributed by atoms with E-state index < -0.39 is 5.79 Å². The zero-order valence-electron chi connectivity index (χ0n) is 8.69.